The smallest absolute Gasteiger partial charge is 0.271 e. The predicted molar refractivity (Wildman–Crippen MR) is 90.8 cm³/mol. The number of nitrogens with zero attached hydrogens (tertiary/aromatic N) is 2. The van der Waals surface area contributed by atoms with Gasteiger partial charge in [0, 0.05) is 26.2 Å². The van der Waals surface area contributed by atoms with Gasteiger partial charge >= 0.3 is 0 Å². The quantitative estimate of drug-likeness (QED) is 0.751. The molecule has 1 fully saturated rings. The van der Waals surface area contributed by atoms with Gasteiger partial charge in [-0.1, -0.05) is 12.1 Å². The summed E-state index contributed by atoms with van der Waals surface area (Å²) in [5, 5.41) is 27.9. The summed E-state index contributed by atoms with van der Waals surface area (Å²) in [4.78, 5) is 12.2. The van der Waals surface area contributed by atoms with Gasteiger partial charge in [0.2, 0.25) is 0 Å². The fraction of sp³-hybridized carbons (Fsp3) is 0.444. The zero-order chi connectivity index (χ0) is 18.9. The van der Waals surface area contributed by atoms with E-state index in [-0.39, 0.29) is 18.7 Å². The molecule has 8 heteroatoms. The Hall–Kier alpha value is -2.29. The van der Waals surface area contributed by atoms with Crippen LogP contribution in [0.25, 0.3) is 0 Å². The van der Waals surface area contributed by atoms with Crippen LogP contribution in [0.4, 0.5) is 4.39 Å². The van der Waals surface area contributed by atoms with Crippen LogP contribution in [0.1, 0.15) is 35.5 Å². The summed E-state index contributed by atoms with van der Waals surface area (Å²) in [5.41, 5.74) is -0.829. The highest BCUT2D eigenvalue weighted by atomic mass is 19.1. The minimum Gasteiger partial charge on any atom is -0.387 e. The number of aliphatic hydroxyl groups excluding tert-OH is 1. The molecule has 0 bridgehead atoms. The molecule has 26 heavy (non-hydrogen) atoms. The first-order valence-corrected chi connectivity index (χ1v) is 8.38. The summed E-state index contributed by atoms with van der Waals surface area (Å²) in [5.74, 6) is -0.857. The van der Waals surface area contributed by atoms with E-state index in [1.54, 1.807) is 38.4 Å². The molecule has 1 amide bonds. The number of carbonyl (C=O) groups excluding carboxylic acids is 1. The minimum absolute atomic E-state index is 0.0183. The van der Waals surface area contributed by atoms with Crippen molar-refractivity contribution in [3.05, 3.63) is 53.6 Å². The molecular formula is C18H22FN3O4. The number of aromatic nitrogens is 2. The molecule has 0 radical (unpaired) electrons. The van der Waals surface area contributed by atoms with Gasteiger partial charge in [-0.25, -0.2) is 4.39 Å². The van der Waals surface area contributed by atoms with Gasteiger partial charge in [0.1, 0.15) is 23.2 Å². The van der Waals surface area contributed by atoms with Gasteiger partial charge < -0.3 is 20.3 Å². The second-order valence-corrected chi connectivity index (χ2v) is 6.69. The molecule has 1 aromatic carbocycles. The van der Waals surface area contributed by atoms with Crippen molar-refractivity contribution in [2.24, 2.45) is 7.05 Å². The van der Waals surface area contributed by atoms with Gasteiger partial charge in [0.05, 0.1) is 12.2 Å². The Kier molecular flexibility index (Phi) is 5.08. The van der Waals surface area contributed by atoms with E-state index in [2.05, 4.69) is 10.4 Å². The van der Waals surface area contributed by atoms with E-state index >= 15 is 0 Å². The third-order valence-electron chi connectivity index (χ3n) is 4.63. The van der Waals surface area contributed by atoms with Gasteiger partial charge in [0.15, 0.2) is 0 Å². The van der Waals surface area contributed by atoms with Gasteiger partial charge in [-0.05, 0) is 30.7 Å². The zero-order valence-electron chi connectivity index (χ0n) is 14.6. The molecule has 0 unspecified atom stereocenters. The summed E-state index contributed by atoms with van der Waals surface area (Å²) in [6, 6.07) is 7.47. The standard InChI is InChI=1S/C18H22FN3O4/c1-11-16(23)18(25,10-20-17(24)14-6-7-22(2)21-14)9-15(26-11)12-4-3-5-13(19)8-12/h3-8,11,15-16,23,25H,9-10H2,1-2H3,(H,20,24)/t11-,15-,16-,18-/m1/s1. The zero-order valence-corrected chi connectivity index (χ0v) is 14.6. The van der Waals surface area contributed by atoms with Gasteiger partial charge in [0.25, 0.3) is 5.91 Å². The van der Waals surface area contributed by atoms with E-state index in [4.69, 9.17) is 4.74 Å². The average molecular weight is 363 g/mol. The summed E-state index contributed by atoms with van der Waals surface area (Å²) >= 11 is 0. The maximum atomic E-state index is 13.5. The Bertz CT molecular complexity index is 796. The van der Waals surface area contributed by atoms with E-state index in [0.29, 0.717) is 5.56 Å². The molecule has 3 rings (SSSR count). The van der Waals surface area contributed by atoms with Crippen LogP contribution >= 0.6 is 0 Å². The van der Waals surface area contributed by atoms with Crippen LogP contribution in [0.3, 0.4) is 0 Å². The van der Waals surface area contributed by atoms with E-state index in [1.807, 2.05) is 0 Å². The first-order chi connectivity index (χ1) is 12.3. The Balaban J connectivity index is 1.73. The topological polar surface area (TPSA) is 96.6 Å². The summed E-state index contributed by atoms with van der Waals surface area (Å²) in [6.07, 6.45) is -0.828. The number of carbonyl (C=O) groups is 1. The van der Waals surface area contributed by atoms with Crippen molar-refractivity contribution in [2.75, 3.05) is 6.54 Å². The molecule has 0 saturated carbocycles. The third-order valence-corrected chi connectivity index (χ3v) is 4.63. The number of nitrogens with one attached hydrogen (secondary N) is 1. The van der Waals surface area contributed by atoms with Gasteiger partial charge in [-0.3, -0.25) is 9.48 Å². The highest BCUT2D eigenvalue weighted by Gasteiger charge is 2.47. The maximum Gasteiger partial charge on any atom is 0.271 e. The fourth-order valence-corrected chi connectivity index (χ4v) is 3.20. The number of hydrogen-bond acceptors (Lipinski definition) is 5. The largest absolute Gasteiger partial charge is 0.387 e. The second kappa shape index (κ2) is 7.14. The maximum absolute atomic E-state index is 13.5. The Morgan fingerprint density at radius 2 is 2.27 bits per heavy atom. The van der Waals surface area contributed by atoms with Crippen molar-refractivity contribution in [2.45, 2.75) is 37.3 Å². The molecule has 0 spiro atoms. The monoisotopic (exact) mass is 363 g/mol. The van der Waals surface area contributed by atoms with Crippen molar-refractivity contribution >= 4 is 5.91 Å². The van der Waals surface area contributed by atoms with E-state index < -0.39 is 35.6 Å². The van der Waals surface area contributed by atoms with Crippen molar-refractivity contribution in [3.8, 4) is 0 Å². The number of hydrogen-bond donors (Lipinski definition) is 3. The molecule has 1 saturated heterocycles. The molecule has 1 aromatic heterocycles. The van der Waals surface area contributed by atoms with Crippen LogP contribution in [0.5, 0.6) is 0 Å². The number of aliphatic hydroxyl groups is 2. The Labute approximate surface area is 150 Å². The van der Waals surface area contributed by atoms with E-state index in [1.165, 1.54) is 16.8 Å². The van der Waals surface area contributed by atoms with Crippen molar-refractivity contribution in [1.29, 1.82) is 0 Å². The first kappa shape index (κ1) is 18.5. The molecule has 1 aliphatic rings. The second-order valence-electron chi connectivity index (χ2n) is 6.69. The van der Waals surface area contributed by atoms with Gasteiger partial charge in [-0.2, -0.15) is 5.10 Å². The first-order valence-electron chi connectivity index (χ1n) is 8.38. The van der Waals surface area contributed by atoms with Crippen molar-refractivity contribution in [3.63, 3.8) is 0 Å². The third kappa shape index (κ3) is 3.77. The fourth-order valence-electron chi connectivity index (χ4n) is 3.20. The van der Waals surface area contributed by atoms with Gasteiger partial charge in [-0.15, -0.1) is 0 Å². The molecule has 1 aliphatic heterocycles. The van der Waals surface area contributed by atoms with Crippen LogP contribution < -0.4 is 5.32 Å². The number of rotatable bonds is 4. The Morgan fingerprint density at radius 1 is 1.50 bits per heavy atom. The Morgan fingerprint density at radius 3 is 2.92 bits per heavy atom. The molecular weight excluding hydrogens is 341 g/mol. The molecule has 140 valence electrons. The minimum atomic E-state index is -1.61. The SMILES string of the molecule is C[C@H]1O[C@@H](c2cccc(F)c2)C[C@@](O)(CNC(=O)c2ccn(C)n2)[C@@H]1O. The lowest BCUT2D eigenvalue weighted by molar-refractivity contribution is -0.210. The molecule has 7 nitrogen and oxygen atoms in total. The molecule has 2 heterocycles. The van der Waals surface area contributed by atoms with E-state index in [9.17, 15) is 19.4 Å². The molecule has 2 aromatic rings. The van der Waals surface area contributed by atoms with Crippen molar-refractivity contribution in [1.82, 2.24) is 15.1 Å². The highest BCUT2D eigenvalue weighted by Crippen LogP contribution is 2.37. The molecule has 3 N–H and O–H groups in total. The van der Waals surface area contributed by atoms with Crippen LogP contribution in [0.15, 0.2) is 36.5 Å². The number of aryl methyl sites for hydroxylation is 1. The summed E-state index contributed by atoms with van der Waals surface area (Å²) in [7, 11) is 1.69. The van der Waals surface area contributed by atoms with Crippen LogP contribution in [0, 0.1) is 5.82 Å². The van der Waals surface area contributed by atoms with Crippen LogP contribution in [-0.4, -0.2) is 50.3 Å². The lowest BCUT2D eigenvalue weighted by atomic mass is 9.82. The average Bonchev–Trinajstić information content (AvgIpc) is 3.04. The summed E-state index contributed by atoms with van der Waals surface area (Å²) in [6.45, 7) is 1.45. The lowest BCUT2D eigenvalue weighted by Gasteiger charge is -2.44. The lowest BCUT2D eigenvalue weighted by Crippen LogP contribution is -2.59. The number of halogens is 1. The molecule has 4 atom stereocenters. The predicted octanol–water partition coefficient (Wildman–Crippen LogP) is 0.931. The number of ether oxygens (including phenoxy) is 1. The molecule has 0 aliphatic carbocycles. The van der Waals surface area contributed by atoms with Crippen LogP contribution in [-0.2, 0) is 11.8 Å². The van der Waals surface area contributed by atoms with Crippen LogP contribution in [0.2, 0.25) is 0 Å². The normalized spacial score (nSPS) is 28.7. The van der Waals surface area contributed by atoms with E-state index in [0.717, 1.165) is 0 Å². The van der Waals surface area contributed by atoms with Crippen molar-refractivity contribution < 1.29 is 24.1 Å². The summed E-state index contributed by atoms with van der Waals surface area (Å²) < 4.78 is 20.7. The highest BCUT2D eigenvalue weighted by molar-refractivity contribution is 5.92. The number of benzene rings is 1. The number of amides is 1.